The van der Waals surface area contributed by atoms with Gasteiger partial charge in [0.25, 0.3) is 11.2 Å². The van der Waals surface area contributed by atoms with E-state index in [1.54, 1.807) is 24.3 Å². The number of nitro groups is 1. The van der Waals surface area contributed by atoms with E-state index in [0.717, 1.165) is 0 Å². The van der Waals surface area contributed by atoms with Crippen molar-refractivity contribution in [2.45, 2.75) is 19.3 Å². The molecule has 4 aromatic rings. The summed E-state index contributed by atoms with van der Waals surface area (Å²) in [5, 5.41) is 25.7. The largest absolute Gasteiger partial charge is 0.467 e. The second-order valence-electron chi connectivity index (χ2n) is 6.49. The lowest BCUT2D eigenvalue weighted by Gasteiger charge is -2.12. The first kappa shape index (κ1) is 19.5. The molecule has 0 aliphatic heterocycles. The highest BCUT2D eigenvalue weighted by Crippen LogP contribution is 2.23. The molecule has 1 aromatic carbocycles. The summed E-state index contributed by atoms with van der Waals surface area (Å²) in [4.78, 5) is 27.7. The minimum Gasteiger partial charge on any atom is -0.467 e. The molecule has 0 aliphatic rings. The monoisotopic (exact) mass is 411 g/mol. The molecule has 0 amide bonds. The predicted molar refractivity (Wildman–Crippen MR) is 104 cm³/mol. The lowest BCUT2D eigenvalue weighted by Crippen LogP contribution is -2.29. The molecular formula is C19H17N5O6. The van der Waals surface area contributed by atoms with Crippen LogP contribution in [0, 0.1) is 10.1 Å². The SMILES string of the molecule is O=c1c2cnn(-c3ccccc3[N+](=O)[O-])c2ncn1CC(O)COCc1ccco1. The first-order valence-electron chi connectivity index (χ1n) is 8.99. The number of benzene rings is 1. The minimum absolute atomic E-state index is 0.000644. The Kier molecular flexibility index (Phi) is 5.37. The van der Waals surface area contributed by atoms with E-state index in [4.69, 9.17) is 9.15 Å². The molecule has 1 unspecified atom stereocenters. The third-order valence-electron chi connectivity index (χ3n) is 4.40. The van der Waals surface area contributed by atoms with Crippen molar-refractivity contribution in [1.82, 2.24) is 19.3 Å². The Morgan fingerprint density at radius 2 is 2.10 bits per heavy atom. The van der Waals surface area contributed by atoms with Crippen LogP contribution in [0.4, 0.5) is 5.69 Å². The van der Waals surface area contributed by atoms with E-state index in [9.17, 15) is 20.0 Å². The molecule has 154 valence electrons. The van der Waals surface area contributed by atoms with Crippen LogP contribution in [0.5, 0.6) is 0 Å². The zero-order valence-electron chi connectivity index (χ0n) is 15.6. The maximum atomic E-state index is 12.8. The van der Waals surface area contributed by atoms with Crippen molar-refractivity contribution in [2.24, 2.45) is 0 Å². The van der Waals surface area contributed by atoms with Gasteiger partial charge in [0.15, 0.2) is 5.65 Å². The van der Waals surface area contributed by atoms with Crippen LogP contribution in [0.1, 0.15) is 5.76 Å². The van der Waals surface area contributed by atoms with Crippen LogP contribution in [0.2, 0.25) is 0 Å². The number of nitrogens with zero attached hydrogens (tertiary/aromatic N) is 5. The lowest BCUT2D eigenvalue weighted by molar-refractivity contribution is -0.384. The Morgan fingerprint density at radius 1 is 1.27 bits per heavy atom. The van der Waals surface area contributed by atoms with Gasteiger partial charge in [-0.25, -0.2) is 9.67 Å². The van der Waals surface area contributed by atoms with Gasteiger partial charge in [0.1, 0.15) is 29.8 Å². The molecular weight excluding hydrogens is 394 g/mol. The second kappa shape index (κ2) is 8.27. The number of hydrogen-bond donors (Lipinski definition) is 1. The van der Waals surface area contributed by atoms with E-state index in [1.807, 2.05) is 0 Å². The number of fused-ring (bicyclic) bond motifs is 1. The van der Waals surface area contributed by atoms with Gasteiger partial charge in [-0.3, -0.25) is 19.5 Å². The van der Waals surface area contributed by atoms with Crippen molar-refractivity contribution in [1.29, 1.82) is 0 Å². The highest BCUT2D eigenvalue weighted by molar-refractivity contribution is 5.76. The topological polar surface area (TPSA) is 138 Å². The molecule has 0 fully saturated rings. The molecule has 3 heterocycles. The fourth-order valence-electron chi connectivity index (χ4n) is 3.02. The molecule has 0 aliphatic carbocycles. The lowest BCUT2D eigenvalue weighted by atomic mass is 10.2. The van der Waals surface area contributed by atoms with Crippen molar-refractivity contribution in [3.63, 3.8) is 0 Å². The van der Waals surface area contributed by atoms with Gasteiger partial charge in [0.05, 0.1) is 36.6 Å². The van der Waals surface area contributed by atoms with Crippen LogP contribution in [0.3, 0.4) is 0 Å². The van der Waals surface area contributed by atoms with Crippen molar-refractivity contribution in [3.05, 3.63) is 81.4 Å². The van der Waals surface area contributed by atoms with Crippen LogP contribution in [0.15, 0.2) is 64.4 Å². The summed E-state index contributed by atoms with van der Waals surface area (Å²) >= 11 is 0. The number of hydrogen-bond acceptors (Lipinski definition) is 8. The first-order valence-corrected chi connectivity index (χ1v) is 8.99. The maximum absolute atomic E-state index is 12.8. The maximum Gasteiger partial charge on any atom is 0.294 e. The number of nitro benzene ring substituents is 1. The van der Waals surface area contributed by atoms with Crippen molar-refractivity contribution >= 4 is 16.7 Å². The van der Waals surface area contributed by atoms with Crippen molar-refractivity contribution < 1.29 is 19.2 Å². The molecule has 3 aromatic heterocycles. The molecule has 0 radical (unpaired) electrons. The number of ether oxygens (including phenoxy) is 1. The molecule has 0 spiro atoms. The van der Waals surface area contributed by atoms with Gasteiger partial charge in [0, 0.05) is 6.07 Å². The number of aromatic nitrogens is 4. The quantitative estimate of drug-likeness (QED) is 0.341. The highest BCUT2D eigenvalue weighted by Gasteiger charge is 2.19. The molecule has 0 saturated heterocycles. The highest BCUT2D eigenvalue weighted by atomic mass is 16.6. The number of aliphatic hydroxyl groups is 1. The number of para-hydroxylation sites is 2. The van der Waals surface area contributed by atoms with Gasteiger partial charge in [0.2, 0.25) is 0 Å². The minimum atomic E-state index is -0.942. The number of aliphatic hydroxyl groups excluding tert-OH is 1. The van der Waals surface area contributed by atoms with E-state index < -0.39 is 16.6 Å². The number of furan rings is 1. The predicted octanol–water partition coefficient (Wildman–Crippen LogP) is 1.66. The van der Waals surface area contributed by atoms with Crippen LogP contribution >= 0.6 is 0 Å². The Hall–Kier alpha value is -3.83. The summed E-state index contributed by atoms with van der Waals surface area (Å²) in [6.07, 6.45) is 3.16. The summed E-state index contributed by atoms with van der Waals surface area (Å²) < 4.78 is 13.0. The Labute approximate surface area is 168 Å². The van der Waals surface area contributed by atoms with Crippen molar-refractivity contribution in [3.8, 4) is 5.69 Å². The van der Waals surface area contributed by atoms with Crippen LogP contribution in [-0.2, 0) is 17.9 Å². The summed E-state index contributed by atoms with van der Waals surface area (Å²) in [6, 6.07) is 9.55. The van der Waals surface area contributed by atoms with Gasteiger partial charge in [-0.2, -0.15) is 5.10 Å². The average molecular weight is 411 g/mol. The third-order valence-corrected chi connectivity index (χ3v) is 4.40. The van der Waals surface area contributed by atoms with Crippen molar-refractivity contribution in [2.75, 3.05) is 6.61 Å². The fourth-order valence-corrected chi connectivity index (χ4v) is 3.02. The standard InChI is InChI=1S/C19H17N5O6/c25-13(10-29-11-14-4-3-7-30-14)9-22-12-20-18-15(19(22)26)8-21-23(18)16-5-1-2-6-17(16)24(27)28/h1-8,12-13,25H,9-11H2. The summed E-state index contributed by atoms with van der Waals surface area (Å²) in [5.74, 6) is 0.630. The zero-order valence-corrected chi connectivity index (χ0v) is 15.6. The molecule has 11 nitrogen and oxygen atoms in total. The molecule has 1 N–H and O–H groups in total. The molecule has 0 bridgehead atoms. The van der Waals surface area contributed by atoms with Gasteiger partial charge in [-0.05, 0) is 18.2 Å². The van der Waals surface area contributed by atoms with Gasteiger partial charge >= 0.3 is 0 Å². The smallest absolute Gasteiger partial charge is 0.294 e. The second-order valence-corrected chi connectivity index (χ2v) is 6.49. The Morgan fingerprint density at radius 3 is 2.87 bits per heavy atom. The fraction of sp³-hybridized carbons (Fsp3) is 0.211. The Bertz CT molecular complexity index is 1230. The first-order chi connectivity index (χ1) is 14.5. The molecule has 11 heteroatoms. The zero-order chi connectivity index (χ0) is 21.1. The van der Waals surface area contributed by atoms with Crippen LogP contribution in [0.25, 0.3) is 16.7 Å². The van der Waals surface area contributed by atoms with E-state index in [1.165, 1.54) is 40.2 Å². The normalized spacial score (nSPS) is 12.3. The van der Waals surface area contributed by atoms with E-state index in [-0.39, 0.29) is 42.2 Å². The third kappa shape index (κ3) is 3.83. The molecule has 30 heavy (non-hydrogen) atoms. The summed E-state index contributed by atoms with van der Waals surface area (Å²) in [7, 11) is 0. The van der Waals surface area contributed by atoms with Gasteiger partial charge in [-0.15, -0.1) is 0 Å². The molecule has 4 rings (SSSR count). The van der Waals surface area contributed by atoms with E-state index >= 15 is 0 Å². The van der Waals surface area contributed by atoms with Gasteiger partial charge < -0.3 is 14.3 Å². The summed E-state index contributed by atoms with van der Waals surface area (Å²) in [5.41, 5.74) is -0.185. The number of rotatable bonds is 8. The van der Waals surface area contributed by atoms with Gasteiger partial charge in [-0.1, -0.05) is 12.1 Å². The average Bonchev–Trinajstić information content (AvgIpc) is 3.40. The van der Waals surface area contributed by atoms with E-state index in [0.29, 0.717) is 5.76 Å². The van der Waals surface area contributed by atoms with E-state index in [2.05, 4.69) is 10.1 Å². The van der Waals surface area contributed by atoms with Crippen LogP contribution < -0.4 is 5.56 Å². The molecule has 1 atom stereocenters. The van der Waals surface area contributed by atoms with Crippen LogP contribution in [-0.4, -0.2) is 42.1 Å². The summed E-state index contributed by atoms with van der Waals surface area (Å²) in [6.45, 7) is 0.177. The molecule has 0 saturated carbocycles. The Balaban J connectivity index is 1.54.